The van der Waals surface area contributed by atoms with Crippen LogP contribution in [-0.2, 0) is 20.9 Å². The zero-order valence-corrected chi connectivity index (χ0v) is 15.5. The first-order valence-electron chi connectivity index (χ1n) is 8.87. The average Bonchev–Trinajstić information content (AvgIpc) is 3.20. The summed E-state index contributed by atoms with van der Waals surface area (Å²) in [7, 11) is 0. The normalized spacial score (nSPS) is 15.7. The minimum Gasteiger partial charge on any atom is -0.478 e. The van der Waals surface area contributed by atoms with Crippen molar-refractivity contribution in [2.45, 2.75) is 19.1 Å². The highest BCUT2D eigenvalue weighted by molar-refractivity contribution is 5.89. The van der Waals surface area contributed by atoms with Gasteiger partial charge in [0, 0.05) is 29.8 Å². The summed E-state index contributed by atoms with van der Waals surface area (Å²) in [5.41, 5.74) is 1.37. The number of benzene rings is 2. The van der Waals surface area contributed by atoms with E-state index in [2.05, 4.69) is 5.32 Å². The van der Waals surface area contributed by atoms with Crippen LogP contribution in [0.4, 0.5) is 8.78 Å². The van der Waals surface area contributed by atoms with Crippen molar-refractivity contribution in [3.05, 3.63) is 71.8 Å². The van der Waals surface area contributed by atoms with E-state index in [1.807, 2.05) is 0 Å². The lowest BCUT2D eigenvalue weighted by molar-refractivity contribution is -0.134. The van der Waals surface area contributed by atoms with Gasteiger partial charge in [0.15, 0.2) is 0 Å². The lowest BCUT2D eigenvalue weighted by Gasteiger charge is -2.15. The van der Waals surface area contributed by atoms with Crippen LogP contribution in [0.3, 0.4) is 0 Å². The summed E-state index contributed by atoms with van der Waals surface area (Å²) in [6.07, 6.45) is 2.13. The molecule has 29 heavy (non-hydrogen) atoms. The third kappa shape index (κ3) is 7.10. The summed E-state index contributed by atoms with van der Waals surface area (Å²) in [4.78, 5) is 19.1. The fourth-order valence-corrected chi connectivity index (χ4v) is 2.75. The molecule has 0 unspecified atom stereocenters. The molecule has 1 fully saturated rings. The zero-order chi connectivity index (χ0) is 21.2. The van der Waals surface area contributed by atoms with E-state index < -0.39 is 11.9 Å². The second-order valence-electron chi connectivity index (χ2n) is 6.18. The topological polar surface area (TPSA) is 95.9 Å². The van der Waals surface area contributed by atoms with E-state index in [4.69, 9.17) is 14.9 Å². The molecule has 1 atom stereocenters. The first kappa shape index (κ1) is 22.2. The van der Waals surface area contributed by atoms with Crippen molar-refractivity contribution in [3.63, 3.8) is 0 Å². The minimum atomic E-state index is -1.26. The van der Waals surface area contributed by atoms with Crippen molar-refractivity contribution in [2.24, 2.45) is 0 Å². The van der Waals surface area contributed by atoms with Gasteiger partial charge < -0.3 is 20.3 Å². The maximum Gasteiger partial charge on any atom is 0.328 e. The summed E-state index contributed by atoms with van der Waals surface area (Å²) in [6, 6.07) is 11.1. The van der Waals surface area contributed by atoms with Gasteiger partial charge in [0.1, 0.15) is 11.6 Å². The van der Waals surface area contributed by atoms with Crippen LogP contribution in [0.15, 0.2) is 54.6 Å². The van der Waals surface area contributed by atoms with Gasteiger partial charge in [0.25, 0.3) is 0 Å². The molecule has 0 aromatic heterocycles. The van der Waals surface area contributed by atoms with Crippen LogP contribution in [-0.4, -0.2) is 41.3 Å². The Labute approximate surface area is 166 Å². The van der Waals surface area contributed by atoms with E-state index >= 15 is 0 Å². The fraction of sp³-hybridized carbons (Fsp3) is 0.238. The van der Waals surface area contributed by atoms with E-state index in [1.165, 1.54) is 12.1 Å². The molecule has 0 saturated carbocycles. The molecule has 1 saturated heterocycles. The number of nitrogens with one attached hydrogen (secondary N) is 1. The summed E-state index contributed by atoms with van der Waals surface area (Å²) < 4.78 is 33.8. The minimum absolute atomic E-state index is 0.0954. The lowest BCUT2D eigenvalue weighted by atomic mass is 9.99. The van der Waals surface area contributed by atoms with Crippen molar-refractivity contribution in [3.8, 4) is 11.1 Å². The Bertz CT molecular complexity index is 863. The SMILES string of the molecule is Fc1ccccc1-c1cccc(F)c1CO[C@H]1CCNC1.O=C(O)/C=C/C(=O)O. The molecule has 0 radical (unpaired) electrons. The zero-order valence-electron chi connectivity index (χ0n) is 15.5. The number of hydrogen-bond acceptors (Lipinski definition) is 4. The van der Waals surface area contributed by atoms with Crippen molar-refractivity contribution in [1.82, 2.24) is 5.32 Å². The first-order valence-corrected chi connectivity index (χ1v) is 8.87. The Hall–Kier alpha value is -3.10. The van der Waals surface area contributed by atoms with Crippen LogP contribution in [0.2, 0.25) is 0 Å². The third-order valence-corrected chi connectivity index (χ3v) is 4.13. The summed E-state index contributed by atoms with van der Waals surface area (Å²) in [6.45, 7) is 1.86. The smallest absolute Gasteiger partial charge is 0.328 e. The van der Waals surface area contributed by atoms with Gasteiger partial charge in [-0.3, -0.25) is 0 Å². The molecule has 0 amide bonds. The highest BCUT2D eigenvalue weighted by Crippen LogP contribution is 2.29. The monoisotopic (exact) mass is 405 g/mol. The third-order valence-electron chi connectivity index (χ3n) is 4.13. The van der Waals surface area contributed by atoms with Crippen molar-refractivity contribution < 1.29 is 33.3 Å². The molecule has 154 valence electrons. The van der Waals surface area contributed by atoms with Gasteiger partial charge in [0.2, 0.25) is 0 Å². The Kier molecular flexibility index (Phi) is 8.45. The van der Waals surface area contributed by atoms with Crippen LogP contribution in [0, 0.1) is 11.6 Å². The van der Waals surface area contributed by atoms with Crippen LogP contribution < -0.4 is 5.32 Å². The maximum absolute atomic E-state index is 14.1. The molecular formula is C21H21F2NO5. The van der Waals surface area contributed by atoms with Crippen LogP contribution in [0.25, 0.3) is 11.1 Å². The molecule has 8 heteroatoms. The number of carbonyl (C=O) groups is 2. The Morgan fingerprint density at radius 1 is 1.00 bits per heavy atom. The molecule has 2 aromatic rings. The predicted molar refractivity (Wildman–Crippen MR) is 102 cm³/mol. The van der Waals surface area contributed by atoms with E-state index in [0.29, 0.717) is 28.8 Å². The van der Waals surface area contributed by atoms with Gasteiger partial charge in [-0.15, -0.1) is 0 Å². The molecule has 3 rings (SSSR count). The second-order valence-corrected chi connectivity index (χ2v) is 6.18. The number of ether oxygens (including phenoxy) is 1. The Morgan fingerprint density at radius 2 is 1.62 bits per heavy atom. The summed E-state index contributed by atoms with van der Waals surface area (Å²) in [5, 5.41) is 18.8. The Balaban J connectivity index is 0.000000321. The van der Waals surface area contributed by atoms with Crippen molar-refractivity contribution in [2.75, 3.05) is 13.1 Å². The quantitative estimate of drug-likeness (QED) is 0.639. The molecule has 0 bridgehead atoms. The highest BCUT2D eigenvalue weighted by Gasteiger charge is 2.18. The van der Waals surface area contributed by atoms with E-state index in [0.717, 1.165) is 19.5 Å². The van der Waals surface area contributed by atoms with E-state index in [-0.39, 0.29) is 24.3 Å². The van der Waals surface area contributed by atoms with Gasteiger partial charge in [-0.05, 0) is 30.7 Å². The standard InChI is InChI=1S/C17H17F2NO.C4H4O4/c18-16-6-2-1-4-14(16)13-5-3-7-17(19)15(13)11-21-12-8-9-20-10-12;5-3(6)1-2-4(7)8/h1-7,12,20H,8-11H2;1-2H,(H,5,6)(H,7,8)/b;2-1+/t12-;/m0./s1. The van der Waals surface area contributed by atoms with Crippen LogP contribution in [0.5, 0.6) is 0 Å². The largest absolute Gasteiger partial charge is 0.478 e. The average molecular weight is 405 g/mol. The predicted octanol–water partition coefficient (Wildman–Crippen LogP) is 3.22. The molecule has 0 aliphatic carbocycles. The second kappa shape index (κ2) is 11.0. The number of hydrogen-bond donors (Lipinski definition) is 3. The van der Waals surface area contributed by atoms with Gasteiger partial charge in [-0.2, -0.15) is 0 Å². The number of halogens is 2. The molecule has 6 nitrogen and oxygen atoms in total. The summed E-state index contributed by atoms with van der Waals surface area (Å²) in [5.74, 6) is -3.23. The molecule has 0 spiro atoms. The number of carboxylic acid groups (broad SMARTS) is 2. The Morgan fingerprint density at radius 3 is 2.21 bits per heavy atom. The fourth-order valence-electron chi connectivity index (χ4n) is 2.75. The number of rotatable bonds is 6. The lowest BCUT2D eigenvalue weighted by Crippen LogP contribution is -2.17. The van der Waals surface area contributed by atoms with E-state index in [9.17, 15) is 18.4 Å². The molecule has 3 N–H and O–H groups in total. The first-order chi connectivity index (χ1) is 13.9. The van der Waals surface area contributed by atoms with Gasteiger partial charge in [0.05, 0.1) is 12.7 Å². The van der Waals surface area contributed by atoms with Crippen molar-refractivity contribution in [1.29, 1.82) is 0 Å². The molecular weight excluding hydrogens is 384 g/mol. The van der Waals surface area contributed by atoms with Gasteiger partial charge in [-0.25, -0.2) is 18.4 Å². The number of aliphatic carboxylic acids is 2. The van der Waals surface area contributed by atoms with Crippen LogP contribution in [0.1, 0.15) is 12.0 Å². The number of carboxylic acids is 2. The summed E-state index contributed by atoms with van der Waals surface area (Å²) >= 11 is 0. The molecule has 2 aromatic carbocycles. The highest BCUT2D eigenvalue weighted by atomic mass is 19.1. The van der Waals surface area contributed by atoms with E-state index in [1.54, 1.807) is 30.3 Å². The maximum atomic E-state index is 14.1. The molecule has 1 heterocycles. The molecule has 1 aliphatic rings. The van der Waals surface area contributed by atoms with Gasteiger partial charge >= 0.3 is 11.9 Å². The van der Waals surface area contributed by atoms with Crippen LogP contribution >= 0.6 is 0 Å². The van der Waals surface area contributed by atoms with Gasteiger partial charge in [-0.1, -0.05) is 30.3 Å². The molecule has 1 aliphatic heterocycles. The van der Waals surface area contributed by atoms with Crippen molar-refractivity contribution >= 4 is 11.9 Å².